The molecule has 158 valence electrons. The van der Waals surface area contributed by atoms with E-state index in [4.69, 9.17) is 4.74 Å². The lowest BCUT2D eigenvalue weighted by atomic mass is 10.0. The zero-order valence-electron chi connectivity index (χ0n) is 17.6. The molecule has 0 spiro atoms. The summed E-state index contributed by atoms with van der Waals surface area (Å²) < 4.78 is 6.16. The number of carbonyl (C=O) groups excluding carboxylic acids is 1. The number of aryl methyl sites for hydroxylation is 1. The number of amides is 1. The lowest BCUT2D eigenvalue weighted by Crippen LogP contribution is -2.38. The zero-order chi connectivity index (χ0) is 21.1. The number of morpholine rings is 1. The minimum atomic E-state index is -0.180. The summed E-state index contributed by atoms with van der Waals surface area (Å²) >= 11 is 1.44. The fourth-order valence-corrected chi connectivity index (χ4v) is 4.79. The van der Waals surface area contributed by atoms with Gasteiger partial charge in [0.15, 0.2) is 0 Å². The molecule has 7 nitrogen and oxygen atoms in total. The van der Waals surface area contributed by atoms with E-state index >= 15 is 0 Å². The molecule has 8 heteroatoms. The number of hydrogen-bond acceptors (Lipinski definition) is 7. The highest BCUT2D eigenvalue weighted by molar-refractivity contribution is 7.20. The Bertz CT molecular complexity index is 1020. The Kier molecular flexibility index (Phi) is 6.36. The Morgan fingerprint density at radius 3 is 2.87 bits per heavy atom. The van der Waals surface area contributed by atoms with E-state index in [9.17, 15) is 4.79 Å². The zero-order valence-corrected chi connectivity index (χ0v) is 18.4. The molecule has 1 aliphatic rings. The van der Waals surface area contributed by atoms with Gasteiger partial charge in [-0.1, -0.05) is 13.0 Å². The van der Waals surface area contributed by atoms with E-state index < -0.39 is 0 Å². The molecule has 30 heavy (non-hydrogen) atoms. The van der Waals surface area contributed by atoms with Gasteiger partial charge in [0.25, 0.3) is 5.91 Å². The van der Waals surface area contributed by atoms with Crippen molar-refractivity contribution in [1.82, 2.24) is 25.2 Å². The molecule has 0 bridgehead atoms. The number of hydrogen-bond donors (Lipinski definition) is 1. The molecule has 4 heterocycles. The van der Waals surface area contributed by atoms with Gasteiger partial charge < -0.3 is 10.1 Å². The van der Waals surface area contributed by atoms with Crippen LogP contribution < -0.4 is 5.32 Å². The standard InChI is InChI=1S/C22H27N5O2S/c1-4-18-24-10-15(11-25-18)12-27-8-9-29-17(13-27)19-16-6-5-7-23-22(16)30-20(19)21(28)26-14(2)3/h5-7,10-11,14,17H,4,8-9,12-13H2,1-3H3,(H,26,28)/t17-/m1/s1. The number of rotatable bonds is 6. The van der Waals surface area contributed by atoms with Crippen molar-refractivity contribution in [2.75, 3.05) is 19.7 Å². The molecule has 1 saturated heterocycles. The third kappa shape index (κ3) is 4.50. The van der Waals surface area contributed by atoms with E-state index in [1.807, 2.05) is 38.4 Å². The van der Waals surface area contributed by atoms with Crippen LogP contribution in [0.15, 0.2) is 30.7 Å². The molecule has 1 amide bonds. The monoisotopic (exact) mass is 425 g/mol. The molecular formula is C22H27N5O2S. The summed E-state index contributed by atoms with van der Waals surface area (Å²) in [7, 11) is 0. The molecule has 0 unspecified atom stereocenters. The highest BCUT2D eigenvalue weighted by Gasteiger charge is 2.30. The maximum Gasteiger partial charge on any atom is 0.262 e. The minimum Gasteiger partial charge on any atom is -0.371 e. The number of pyridine rings is 1. The van der Waals surface area contributed by atoms with Gasteiger partial charge in [-0.05, 0) is 19.9 Å². The molecule has 0 radical (unpaired) electrons. The Labute approximate surface area is 180 Å². The van der Waals surface area contributed by atoms with Crippen LogP contribution in [0.25, 0.3) is 10.2 Å². The lowest BCUT2D eigenvalue weighted by molar-refractivity contribution is -0.0323. The van der Waals surface area contributed by atoms with Gasteiger partial charge in [0.1, 0.15) is 15.5 Å². The van der Waals surface area contributed by atoms with E-state index in [2.05, 4.69) is 32.1 Å². The van der Waals surface area contributed by atoms with E-state index in [1.54, 1.807) is 6.20 Å². The average Bonchev–Trinajstić information content (AvgIpc) is 3.14. The topological polar surface area (TPSA) is 80.2 Å². The molecule has 0 saturated carbocycles. The molecular weight excluding hydrogens is 398 g/mol. The fourth-order valence-electron chi connectivity index (χ4n) is 3.69. The van der Waals surface area contributed by atoms with Crippen LogP contribution in [-0.2, 0) is 17.7 Å². The summed E-state index contributed by atoms with van der Waals surface area (Å²) in [6, 6.07) is 4.01. The summed E-state index contributed by atoms with van der Waals surface area (Å²) in [5.74, 6) is 0.795. The number of aromatic nitrogens is 3. The van der Waals surface area contributed by atoms with Crippen LogP contribution in [0.1, 0.15) is 53.5 Å². The SMILES string of the molecule is CCc1ncc(CN2CCO[C@@H](c3c(C(=O)NC(C)C)sc4ncccc34)C2)cn1. The van der Waals surface area contributed by atoms with Crippen molar-refractivity contribution in [3.05, 3.63) is 52.6 Å². The van der Waals surface area contributed by atoms with Gasteiger partial charge in [-0.25, -0.2) is 15.0 Å². The molecule has 1 aliphatic heterocycles. The van der Waals surface area contributed by atoms with Gasteiger partial charge >= 0.3 is 0 Å². The van der Waals surface area contributed by atoms with E-state index in [-0.39, 0.29) is 18.1 Å². The van der Waals surface area contributed by atoms with Crippen LogP contribution in [0.5, 0.6) is 0 Å². The number of carbonyl (C=O) groups is 1. The summed E-state index contributed by atoms with van der Waals surface area (Å²) in [6.45, 7) is 8.90. The van der Waals surface area contributed by atoms with Gasteiger partial charge in [0.2, 0.25) is 0 Å². The van der Waals surface area contributed by atoms with Crippen LogP contribution in [-0.4, -0.2) is 51.5 Å². The third-order valence-electron chi connectivity index (χ3n) is 5.08. The first-order chi connectivity index (χ1) is 14.5. The average molecular weight is 426 g/mol. The van der Waals surface area contributed by atoms with Crippen molar-refractivity contribution in [2.24, 2.45) is 0 Å². The largest absolute Gasteiger partial charge is 0.371 e. The maximum atomic E-state index is 12.9. The van der Waals surface area contributed by atoms with Crippen LogP contribution in [0.4, 0.5) is 0 Å². The maximum absolute atomic E-state index is 12.9. The first kappa shape index (κ1) is 20.8. The summed E-state index contributed by atoms with van der Waals surface area (Å²) in [5, 5.41) is 4.02. The summed E-state index contributed by atoms with van der Waals surface area (Å²) in [5.41, 5.74) is 2.03. The quantitative estimate of drug-likeness (QED) is 0.652. The second-order valence-corrected chi connectivity index (χ2v) is 8.78. The molecule has 3 aromatic heterocycles. The van der Waals surface area contributed by atoms with Crippen LogP contribution in [0.2, 0.25) is 0 Å². The van der Waals surface area contributed by atoms with E-state index in [0.717, 1.165) is 46.7 Å². The van der Waals surface area contributed by atoms with Gasteiger partial charge in [-0.3, -0.25) is 9.69 Å². The normalized spacial score (nSPS) is 17.5. The van der Waals surface area contributed by atoms with Gasteiger partial charge in [0, 0.05) is 67.2 Å². The number of nitrogens with one attached hydrogen (secondary N) is 1. The fraction of sp³-hybridized carbons (Fsp3) is 0.455. The van der Waals surface area contributed by atoms with Gasteiger partial charge in [-0.15, -0.1) is 11.3 Å². The second-order valence-electron chi connectivity index (χ2n) is 7.78. The highest BCUT2D eigenvalue weighted by Crippen LogP contribution is 2.37. The van der Waals surface area contributed by atoms with Crippen molar-refractivity contribution in [2.45, 2.75) is 45.9 Å². The number of fused-ring (bicyclic) bond motifs is 1. The Balaban J connectivity index is 1.59. The van der Waals surface area contributed by atoms with Gasteiger partial charge in [-0.2, -0.15) is 0 Å². The molecule has 3 aromatic rings. The van der Waals surface area contributed by atoms with Gasteiger partial charge in [0.05, 0.1) is 12.7 Å². The molecule has 1 N–H and O–H groups in total. The van der Waals surface area contributed by atoms with Crippen molar-refractivity contribution in [1.29, 1.82) is 0 Å². The van der Waals surface area contributed by atoms with Crippen molar-refractivity contribution in [3.63, 3.8) is 0 Å². The molecule has 0 aromatic carbocycles. The molecule has 1 fully saturated rings. The number of thiophene rings is 1. The summed E-state index contributed by atoms with van der Waals surface area (Å²) in [4.78, 5) is 30.1. The second kappa shape index (κ2) is 9.16. The number of ether oxygens (including phenoxy) is 1. The van der Waals surface area contributed by atoms with E-state index in [0.29, 0.717) is 18.0 Å². The van der Waals surface area contributed by atoms with Crippen LogP contribution in [0.3, 0.4) is 0 Å². The Morgan fingerprint density at radius 1 is 1.33 bits per heavy atom. The minimum absolute atomic E-state index is 0.0627. The molecule has 1 atom stereocenters. The third-order valence-corrected chi connectivity index (χ3v) is 6.21. The lowest BCUT2D eigenvalue weighted by Gasteiger charge is -2.33. The highest BCUT2D eigenvalue weighted by atomic mass is 32.1. The van der Waals surface area contributed by atoms with E-state index in [1.165, 1.54) is 11.3 Å². The smallest absolute Gasteiger partial charge is 0.262 e. The number of nitrogens with zero attached hydrogens (tertiary/aromatic N) is 4. The van der Waals surface area contributed by atoms with Crippen LogP contribution >= 0.6 is 11.3 Å². The first-order valence-corrected chi connectivity index (χ1v) is 11.2. The predicted molar refractivity (Wildman–Crippen MR) is 118 cm³/mol. The summed E-state index contributed by atoms with van der Waals surface area (Å²) in [6.07, 6.45) is 6.23. The van der Waals surface area contributed by atoms with Crippen molar-refractivity contribution >= 4 is 27.5 Å². The Morgan fingerprint density at radius 2 is 2.13 bits per heavy atom. The molecule has 4 rings (SSSR count). The first-order valence-electron chi connectivity index (χ1n) is 10.4. The van der Waals surface area contributed by atoms with Crippen molar-refractivity contribution < 1.29 is 9.53 Å². The predicted octanol–water partition coefficient (Wildman–Crippen LogP) is 3.36. The van der Waals surface area contributed by atoms with Crippen LogP contribution in [0, 0.1) is 0 Å². The van der Waals surface area contributed by atoms with Crippen molar-refractivity contribution in [3.8, 4) is 0 Å². The Hall–Kier alpha value is -2.42. The molecule has 0 aliphatic carbocycles.